The zero-order valence-corrected chi connectivity index (χ0v) is 14.4. The van der Waals surface area contributed by atoms with Crippen LogP contribution in [0.15, 0.2) is 0 Å². The second kappa shape index (κ2) is 6.72. The first-order chi connectivity index (χ1) is 10.2. The molecule has 2 unspecified atom stereocenters. The SMILES string of the molecule is CNS(=O)(=O)CC1CCCN(C(=O)NC2COCC2(C)C)C1. The van der Waals surface area contributed by atoms with E-state index < -0.39 is 10.0 Å². The zero-order valence-electron chi connectivity index (χ0n) is 13.6. The molecule has 2 atom stereocenters. The Morgan fingerprint density at radius 2 is 2.14 bits per heavy atom. The van der Waals surface area contributed by atoms with E-state index >= 15 is 0 Å². The maximum absolute atomic E-state index is 12.4. The Labute approximate surface area is 132 Å². The quantitative estimate of drug-likeness (QED) is 0.779. The van der Waals surface area contributed by atoms with E-state index in [1.54, 1.807) is 4.90 Å². The molecule has 128 valence electrons. The highest BCUT2D eigenvalue weighted by Gasteiger charge is 2.38. The molecule has 0 radical (unpaired) electrons. The van der Waals surface area contributed by atoms with E-state index in [4.69, 9.17) is 4.74 Å². The van der Waals surface area contributed by atoms with Crippen LogP contribution in [0.2, 0.25) is 0 Å². The van der Waals surface area contributed by atoms with Crippen LogP contribution in [0.1, 0.15) is 26.7 Å². The molecule has 2 saturated heterocycles. The van der Waals surface area contributed by atoms with Gasteiger partial charge in [0, 0.05) is 18.5 Å². The minimum absolute atomic E-state index is 0.00131. The number of nitrogens with one attached hydrogen (secondary N) is 2. The van der Waals surface area contributed by atoms with Crippen LogP contribution in [0.25, 0.3) is 0 Å². The molecule has 0 bridgehead atoms. The van der Waals surface area contributed by atoms with E-state index in [0.717, 1.165) is 12.8 Å². The number of sulfonamides is 1. The molecule has 2 aliphatic heterocycles. The molecule has 2 rings (SSSR count). The maximum Gasteiger partial charge on any atom is 0.317 e. The average molecular weight is 333 g/mol. The van der Waals surface area contributed by atoms with E-state index in [2.05, 4.69) is 23.9 Å². The highest BCUT2D eigenvalue weighted by atomic mass is 32.2. The summed E-state index contributed by atoms with van der Waals surface area (Å²) in [6.07, 6.45) is 1.67. The molecule has 0 aromatic heterocycles. The van der Waals surface area contributed by atoms with Gasteiger partial charge in [-0.2, -0.15) is 0 Å². The van der Waals surface area contributed by atoms with Crippen molar-refractivity contribution in [3.05, 3.63) is 0 Å². The summed E-state index contributed by atoms with van der Waals surface area (Å²) in [7, 11) is -1.82. The number of likely N-dealkylation sites (tertiary alicyclic amines) is 1. The Kier molecular flexibility index (Phi) is 5.34. The van der Waals surface area contributed by atoms with Gasteiger partial charge in [0.15, 0.2) is 0 Å². The van der Waals surface area contributed by atoms with Gasteiger partial charge in [-0.1, -0.05) is 13.8 Å². The molecule has 2 amide bonds. The van der Waals surface area contributed by atoms with Crippen molar-refractivity contribution in [2.75, 3.05) is 39.1 Å². The number of nitrogens with zero attached hydrogens (tertiary/aromatic N) is 1. The van der Waals surface area contributed by atoms with Crippen molar-refractivity contribution >= 4 is 16.1 Å². The number of rotatable bonds is 4. The van der Waals surface area contributed by atoms with E-state index in [0.29, 0.717) is 26.3 Å². The van der Waals surface area contributed by atoms with Gasteiger partial charge in [0.2, 0.25) is 10.0 Å². The number of carbonyl (C=O) groups is 1. The van der Waals surface area contributed by atoms with Crippen molar-refractivity contribution in [2.45, 2.75) is 32.7 Å². The number of piperidine rings is 1. The Morgan fingerprint density at radius 1 is 1.41 bits per heavy atom. The first-order valence-electron chi connectivity index (χ1n) is 7.78. The number of urea groups is 1. The van der Waals surface area contributed by atoms with Crippen LogP contribution in [-0.2, 0) is 14.8 Å². The Hall–Kier alpha value is -0.860. The summed E-state index contributed by atoms with van der Waals surface area (Å²) in [4.78, 5) is 14.1. The molecule has 0 aromatic rings. The van der Waals surface area contributed by atoms with Gasteiger partial charge >= 0.3 is 6.03 Å². The molecule has 0 saturated carbocycles. The van der Waals surface area contributed by atoms with Crippen molar-refractivity contribution in [3.63, 3.8) is 0 Å². The van der Waals surface area contributed by atoms with Crippen molar-refractivity contribution in [3.8, 4) is 0 Å². The second-order valence-corrected chi connectivity index (χ2v) is 8.92. The summed E-state index contributed by atoms with van der Waals surface area (Å²) in [5.41, 5.74) is -0.0691. The fourth-order valence-corrected chi connectivity index (χ4v) is 4.08. The first kappa shape index (κ1) is 17.5. The first-order valence-corrected chi connectivity index (χ1v) is 9.43. The summed E-state index contributed by atoms with van der Waals surface area (Å²) < 4.78 is 31.1. The smallest absolute Gasteiger partial charge is 0.317 e. The van der Waals surface area contributed by atoms with Gasteiger partial charge in [-0.25, -0.2) is 17.9 Å². The van der Waals surface area contributed by atoms with Crippen molar-refractivity contribution in [2.24, 2.45) is 11.3 Å². The fraction of sp³-hybridized carbons (Fsp3) is 0.929. The van der Waals surface area contributed by atoms with Gasteiger partial charge in [0.1, 0.15) is 0 Å². The van der Waals surface area contributed by atoms with Gasteiger partial charge in [-0.15, -0.1) is 0 Å². The lowest BCUT2D eigenvalue weighted by atomic mass is 9.88. The molecular formula is C14H27N3O4S. The van der Waals surface area contributed by atoms with Gasteiger partial charge in [0.25, 0.3) is 0 Å². The topological polar surface area (TPSA) is 87.7 Å². The average Bonchev–Trinajstić information content (AvgIpc) is 2.77. The van der Waals surface area contributed by atoms with Crippen molar-refractivity contribution in [1.29, 1.82) is 0 Å². The molecule has 0 aliphatic carbocycles. The lowest BCUT2D eigenvalue weighted by molar-refractivity contribution is 0.160. The van der Waals surface area contributed by atoms with Crippen molar-refractivity contribution < 1.29 is 17.9 Å². The predicted molar refractivity (Wildman–Crippen MR) is 84.1 cm³/mol. The van der Waals surface area contributed by atoms with Gasteiger partial charge in [0.05, 0.1) is 25.0 Å². The summed E-state index contributed by atoms with van der Waals surface area (Å²) in [6.45, 7) is 6.48. The highest BCUT2D eigenvalue weighted by Crippen LogP contribution is 2.27. The number of ether oxygens (including phenoxy) is 1. The molecule has 7 nitrogen and oxygen atoms in total. The lowest BCUT2D eigenvalue weighted by Gasteiger charge is -2.35. The molecule has 2 aliphatic rings. The maximum atomic E-state index is 12.4. The van der Waals surface area contributed by atoms with Crippen LogP contribution in [0.3, 0.4) is 0 Å². The fourth-order valence-electron chi connectivity index (χ4n) is 3.02. The minimum atomic E-state index is -3.24. The third-order valence-corrected chi connectivity index (χ3v) is 6.10. The highest BCUT2D eigenvalue weighted by molar-refractivity contribution is 7.89. The molecule has 2 heterocycles. The minimum Gasteiger partial charge on any atom is -0.379 e. The molecule has 22 heavy (non-hydrogen) atoms. The normalized spacial score (nSPS) is 28.6. The third-order valence-electron chi connectivity index (χ3n) is 4.57. The molecule has 2 N–H and O–H groups in total. The Bertz CT molecular complexity index is 506. The Morgan fingerprint density at radius 3 is 2.73 bits per heavy atom. The number of hydrogen-bond donors (Lipinski definition) is 2. The monoisotopic (exact) mass is 333 g/mol. The summed E-state index contributed by atoms with van der Waals surface area (Å²) >= 11 is 0. The van der Waals surface area contributed by atoms with Crippen LogP contribution in [0, 0.1) is 11.3 Å². The van der Waals surface area contributed by atoms with Crippen LogP contribution in [0.4, 0.5) is 4.79 Å². The van der Waals surface area contributed by atoms with Crippen LogP contribution >= 0.6 is 0 Å². The van der Waals surface area contributed by atoms with Crippen molar-refractivity contribution in [1.82, 2.24) is 14.9 Å². The van der Waals surface area contributed by atoms with E-state index in [9.17, 15) is 13.2 Å². The van der Waals surface area contributed by atoms with Crippen LogP contribution < -0.4 is 10.0 Å². The predicted octanol–water partition coefficient (Wildman–Crippen LogP) is 0.382. The standard InChI is InChI=1S/C14H27N3O4S/c1-14(2)10-21-8-12(14)16-13(18)17-6-4-5-11(7-17)9-22(19,20)15-3/h11-12,15H,4-10H2,1-3H3,(H,16,18). The van der Waals surface area contributed by atoms with E-state index in [1.165, 1.54) is 7.05 Å². The van der Waals surface area contributed by atoms with Gasteiger partial charge < -0.3 is 15.0 Å². The van der Waals surface area contributed by atoms with Crippen LogP contribution in [0.5, 0.6) is 0 Å². The molecule has 0 aromatic carbocycles. The number of carbonyl (C=O) groups excluding carboxylic acids is 1. The summed E-state index contributed by atoms with van der Waals surface area (Å²) in [6, 6.07) is -0.114. The molecule has 2 fully saturated rings. The third kappa shape index (κ3) is 4.33. The van der Waals surface area contributed by atoms with E-state index in [-0.39, 0.29) is 29.2 Å². The number of amides is 2. The van der Waals surface area contributed by atoms with Gasteiger partial charge in [-0.3, -0.25) is 0 Å². The largest absolute Gasteiger partial charge is 0.379 e. The number of hydrogen-bond acceptors (Lipinski definition) is 4. The van der Waals surface area contributed by atoms with Crippen LogP contribution in [-0.4, -0.2) is 64.5 Å². The molecular weight excluding hydrogens is 306 g/mol. The Balaban J connectivity index is 1.90. The summed E-state index contributed by atoms with van der Waals surface area (Å²) in [5, 5.41) is 3.03. The van der Waals surface area contributed by atoms with E-state index in [1.807, 2.05) is 0 Å². The molecule has 8 heteroatoms. The van der Waals surface area contributed by atoms with Gasteiger partial charge in [-0.05, 0) is 25.8 Å². The second-order valence-electron chi connectivity index (χ2n) is 6.95. The summed E-state index contributed by atoms with van der Waals surface area (Å²) in [5.74, 6) is 0.0653. The zero-order chi connectivity index (χ0) is 16.4. The molecule has 0 spiro atoms. The lowest BCUT2D eigenvalue weighted by Crippen LogP contribution is -2.52.